The van der Waals surface area contributed by atoms with Crippen LogP contribution in [0, 0.1) is 6.92 Å². The van der Waals surface area contributed by atoms with E-state index in [1.54, 1.807) is 11.8 Å². The predicted octanol–water partition coefficient (Wildman–Crippen LogP) is 2.42. The van der Waals surface area contributed by atoms with Crippen LogP contribution in [0.2, 0.25) is 0 Å². The van der Waals surface area contributed by atoms with Crippen molar-refractivity contribution >= 4 is 11.6 Å². The predicted molar refractivity (Wildman–Crippen MR) is 57.2 cm³/mol. The number of benzene rings is 1. The van der Waals surface area contributed by atoms with Gasteiger partial charge in [0.2, 0.25) is 5.91 Å². The van der Waals surface area contributed by atoms with E-state index in [1.165, 1.54) is 5.56 Å². The first kappa shape index (κ1) is 9.00. The van der Waals surface area contributed by atoms with Gasteiger partial charge < -0.3 is 0 Å². The van der Waals surface area contributed by atoms with Gasteiger partial charge in [-0.3, -0.25) is 9.69 Å². The van der Waals surface area contributed by atoms with E-state index >= 15 is 0 Å². The third-order valence-corrected chi connectivity index (χ3v) is 2.49. The molecule has 0 saturated heterocycles. The zero-order valence-corrected chi connectivity index (χ0v) is 8.45. The SMILES string of the molecule is CC(=O)N1C=CCc2cccc(C)c21. The molecule has 0 N–H and O–H groups in total. The van der Waals surface area contributed by atoms with E-state index < -0.39 is 0 Å². The lowest BCUT2D eigenvalue weighted by Crippen LogP contribution is -2.26. The maximum atomic E-state index is 11.4. The van der Waals surface area contributed by atoms with Crippen LogP contribution in [-0.4, -0.2) is 5.91 Å². The average Bonchev–Trinajstić information content (AvgIpc) is 2.17. The van der Waals surface area contributed by atoms with Gasteiger partial charge in [0.15, 0.2) is 0 Å². The Balaban J connectivity index is 2.57. The molecule has 0 fully saturated rings. The van der Waals surface area contributed by atoms with E-state index in [0.717, 1.165) is 17.7 Å². The van der Waals surface area contributed by atoms with Crippen LogP contribution in [0.15, 0.2) is 30.5 Å². The van der Waals surface area contributed by atoms with Crippen LogP contribution in [-0.2, 0) is 11.2 Å². The fourth-order valence-electron chi connectivity index (χ4n) is 1.85. The average molecular weight is 187 g/mol. The number of nitrogens with zero attached hydrogens (tertiary/aromatic N) is 1. The van der Waals surface area contributed by atoms with Gasteiger partial charge in [-0.05, 0) is 24.5 Å². The van der Waals surface area contributed by atoms with Crippen molar-refractivity contribution in [3.05, 3.63) is 41.6 Å². The van der Waals surface area contributed by atoms with Gasteiger partial charge in [0.25, 0.3) is 0 Å². The number of carbonyl (C=O) groups excluding carboxylic acids is 1. The monoisotopic (exact) mass is 187 g/mol. The molecule has 1 aromatic rings. The molecule has 2 rings (SSSR count). The Morgan fingerprint density at radius 2 is 2.21 bits per heavy atom. The summed E-state index contributed by atoms with van der Waals surface area (Å²) in [6.07, 6.45) is 4.79. The molecule has 0 atom stereocenters. The molecule has 1 aromatic carbocycles. The Hall–Kier alpha value is -1.57. The number of aryl methyl sites for hydroxylation is 1. The minimum atomic E-state index is 0.0662. The first-order valence-corrected chi connectivity index (χ1v) is 4.75. The molecule has 0 aliphatic carbocycles. The summed E-state index contributed by atoms with van der Waals surface area (Å²) in [5, 5.41) is 0. The van der Waals surface area contributed by atoms with Crippen molar-refractivity contribution < 1.29 is 4.79 Å². The molecule has 2 heteroatoms. The normalized spacial score (nSPS) is 14.0. The number of fused-ring (bicyclic) bond motifs is 1. The zero-order valence-electron chi connectivity index (χ0n) is 8.45. The van der Waals surface area contributed by atoms with Crippen LogP contribution in [0.3, 0.4) is 0 Å². The van der Waals surface area contributed by atoms with Crippen molar-refractivity contribution in [2.75, 3.05) is 4.90 Å². The highest BCUT2D eigenvalue weighted by atomic mass is 16.2. The Morgan fingerprint density at radius 1 is 1.43 bits per heavy atom. The summed E-state index contributed by atoms with van der Waals surface area (Å²) >= 11 is 0. The van der Waals surface area contributed by atoms with Crippen LogP contribution in [0.4, 0.5) is 5.69 Å². The van der Waals surface area contributed by atoms with Gasteiger partial charge in [0.1, 0.15) is 0 Å². The number of amides is 1. The molecule has 2 nitrogen and oxygen atoms in total. The van der Waals surface area contributed by atoms with E-state index in [1.807, 2.05) is 31.3 Å². The van der Waals surface area contributed by atoms with E-state index in [2.05, 4.69) is 6.07 Å². The van der Waals surface area contributed by atoms with E-state index in [4.69, 9.17) is 0 Å². The number of anilines is 1. The smallest absolute Gasteiger partial charge is 0.227 e. The maximum absolute atomic E-state index is 11.4. The number of rotatable bonds is 0. The third-order valence-electron chi connectivity index (χ3n) is 2.49. The molecule has 0 aromatic heterocycles. The second-order valence-corrected chi connectivity index (χ2v) is 3.56. The standard InChI is InChI=1S/C12H13NO/c1-9-5-3-6-11-7-4-8-13(10(2)14)12(9)11/h3-6,8H,7H2,1-2H3. The van der Waals surface area contributed by atoms with Crippen LogP contribution in [0.25, 0.3) is 0 Å². The second-order valence-electron chi connectivity index (χ2n) is 3.56. The number of hydrogen-bond acceptors (Lipinski definition) is 1. The third kappa shape index (κ3) is 1.33. The van der Waals surface area contributed by atoms with E-state index in [9.17, 15) is 4.79 Å². The molecule has 14 heavy (non-hydrogen) atoms. The number of para-hydroxylation sites is 1. The Morgan fingerprint density at radius 3 is 2.93 bits per heavy atom. The lowest BCUT2D eigenvalue weighted by atomic mass is 10.0. The van der Waals surface area contributed by atoms with Crippen LogP contribution in [0.1, 0.15) is 18.1 Å². The van der Waals surface area contributed by atoms with Gasteiger partial charge in [0.05, 0.1) is 5.69 Å². The lowest BCUT2D eigenvalue weighted by Gasteiger charge is -2.25. The highest BCUT2D eigenvalue weighted by Gasteiger charge is 2.17. The summed E-state index contributed by atoms with van der Waals surface area (Å²) < 4.78 is 0. The molecular formula is C12H13NO. The first-order chi connectivity index (χ1) is 6.70. The molecule has 0 saturated carbocycles. The molecule has 1 amide bonds. The Labute approximate surface area is 83.8 Å². The summed E-state index contributed by atoms with van der Waals surface area (Å²) in [4.78, 5) is 13.1. The summed E-state index contributed by atoms with van der Waals surface area (Å²) in [6, 6.07) is 6.14. The lowest BCUT2D eigenvalue weighted by molar-refractivity contribution is -0.116. The summed E-state index contributed by atoms with van der Waals surface area (Å²) in [5.41, 5.74) is 3.44. The molecule has 0 unspecified atom stereocenters. The highest BCUT2D eigenvalue weighted by Crippen LogP contribution is 2.29. The van der Waals surface area contributed by atoms with E-state index in [-0.39, 0.29) is 5.91 Å². The molecular weight excluding hydrogens is 174 g/mol. The Kier molecular flexibility index (Phi) is 2.12. The van der Waals surface area contributed by atoms with Crippen LogP contribution >= 0.6 is 0 Å². The van der Waals surface area contributed by atoms with Crippen molar-refractivity contribution in [1.29, 1.82) is 0 Å². The van der Waals surface area contributed by atoms with Crippen molar-refractivity contribution in [3.63, 3.8) is 0 Å². The molecule has 1 heterocycles. The molecule has 0 bridgehead atoms. The highest BCUT2D eigenvalue weighted by molar-refractivity contribution is 5.95. The van der Waals surface area contributed by atoms with Crippen LogP contribution < -0.4 is 4.90 Å². The fraction of sp³-hybridized carbons (Fsp3) is 0.250. The van der Waals surface area contributed by atoms with Gasteiger partial charge in [-0.1, -0.05) is 24.3 Å². The van der Waals surface area contributed by atoms with Gasteiger partial charge in [-0.15, -0.1) is 0 Å². The zero-order chi connectivity index (χ0) is 10.1. The fourth-order valence-corrected chi connectivity index (χ4v) is 1.85. The quantitative estimate of drug-likeness (QED) is 0.610. The Bertz CT molecular complexity index is 407. The first-order valence-electron chi connectivity index (χ1n) is 4.75. The van der Waals surface area contributed by atoms with Crippen LogP contribution in [0.5, 0.6) is 0 Å². The maximum Gasteiger partial charge on any atom is 0.227 e. The van der Waals surface area contributed by atoms with Crippen molar-refractivity contribution in [1.82, 2.24) is 0 Å². The number of carbonyl (C=O) groups is 1. The molecule has 1 aliphatic rings. The number of allylic oxidation sites excluding steroid dienone is 1. The second kappa shape index (κ2) is 3.29. The molecule has 0 spiro atoms. The van der Waals surface area contributed by atoms with Gasteiger partial charge in [-0.2, -0.15) is 0 Å². The van der Waals surface area contributed by atoms with Gasteiger partial charge >= 0.3 is 0 Å². The molecule has 72 valence electrons. The van der Waals surface area contributed by atoms with Crippen molar-refractivity contribution in [3.8, 4) is 0 Å². The summed E-state index contributed by atoms with van der Waals surface area (Å²) in [6.45, 7) is 3.62. The summed E-state index contributed by atoms with van der Waals surface area (Å²) in [5.74, 6) is 0.0662. The van der Waals surface area contributed by atoms with Crippen molar-refractivity contribution in [2.45, 2.75) is 20.3 Å². The molecule has 1 aliphatic heterocycles. The summed E-state index contributed by atoms with van der Waals surface area (Å²) in [7, 11) is 0. The number of hydrogen-bond donors (Lipinski definition) is 0. The topological polar surface area (TPSA) is 20.3 Å². The minimum Gasteiger partial charge on any atom is -0.288 e. The largest absolute Gasteiger partial charge is 0.288 e. The van der Waals surface area contributed by atoms with E-state index in [0.29, 0.717) is 0 Å². The van der Waals surface area contributed by atoms with Crippen molar-refractivity contribution in [2.24, 2.45) is 0 Å². The minimum absolute atomic E-state index is 0.0662. The molecule has 0 radical (unpaired) electrons. The van der Waals surface area contributed by atoms with Gasteiger partial charge in [-0.25, -0.2) is 0 Å². The van der Waals surface area contributed by atoms with Gasteiger partial charge in [0, 0.05) is 13.1 Å².